The summed E-state index contributed by atoms with van der Waals surface area (Å²) in [7, 11) is 0. The van der Waals surface area contributed by atoms with Gasteiger partial charge in [0.1, 0.15) is 0 Å². The second-order valence-corrected chi connectivity index (χ2v) is 6.12. The molecule has 94 valence electrons. The van der Waals surface area contributed by atoms with E-state index in [-0.39, 0.29) is 0 Å². The molecule has 1 aliphatic rings. The van der Waals surface area contributed by atoms with E-state index in [0.717, 1.165) is 40.8 Å². The van der Waals surface area contributed by atoms with Crippen molar-refractivity contribution in [2.45, 2.75) is 13.0 Å². The van der Waals surface area contributed by atoms with Gasteiger partial charge in [0.15, 0.2) is 0 Å². The molecule has 3 N–H and O–H groups in total. The highest BCUT2D eigenvalue weighted by atomic mass is 79.9. The van der Waals surface area contributed by atoms with Crippen LogP contribution in [0.4, 0.5) is 5.69 Å². The maximum atomic E-state index is 6.15. The minimum Gasteiger partial charge on any atom is -0.398 e. The summed E-state index contributed by atoms with van der Waals surface area (Å²) >= 11 is 7.03. The van der Waals surface area contributed by atoms with Gasteiger partial charge in [0.2, 0.25) is 0 Å². The second-order valence-electron chi connectivity index (χ2n) is 4.35. The first-order valence-corrected chi connectivity index (χ1v) is 7.37. The largest absolute Gasteiger partial charge is 0.398 e. The van der Waals surface area contributed by atoms with Crippen LogP contribution in [0, 0.1) is 0 Å². The summed E-state index contributed by atoms with van der Waals surface area (Å²) in [5.74, 6) is 0. The highest BCUT2D eigenvalue weighted by Gasteiger charge is 2.20. The van der Waals surface area contributed by atoms with Crippen molar-refractivity contribution in [3.05, 3.63) is 26.6 Å². The molecule has 0 radical (unpaired) electrons. The molecule has 1 atom stereocenters. The maximum Gasteiger partial charge on any atom is 0.0507 e. The fourth-order valence-electron chi connectivity index (χ4n) is 2.22. The van der Waals surface area contributed by atoms with E-state index in [0.29, 0.717) is 6.04 Å². The van der Waals surface area contributed by atoms with Crippen LogP contribution in [0.1, 0.15) is 18.5 Å². The highest BCUT2D eigenvalue weighted by molar-refractivity contribution is 9.11. The molecule has 2 rings (SSSR count). The van der Waals surface area contributed by atoms with Crippen molar-refractivity contribution in [2.24, 2.45) is 0 Å². The van der Waals surface area contributed by atoms with Gasteiger partial charge < -0.3 is 11.1 Å². The molecule has 0 saturated carbocycles. The summed E-state index contributed by atoms with van der Waals surface area (Å²) < 4.78 is 2.03. The van der Waals surface area contributed by atoms with E-state index < -0.39 is 0 Å². The Labute approximate surface area is 119 Å². The van der Waals surface area contributed by atoms with Crippen LogP contribution in [0.2, 0.25) is 0 Å². The smallest absolute Gasteiger partial charge is 0.0507 e. The Morgan fingerprint density at radius 2 is 1.94 bits per heavy atom. The topological polar surface area (TPSA) is 41.3 Å². The van der Waals surface area contributed by atoms with Crippen LogP contribution in [-0.2, 0) is 0 Å². The second kappa shape index (κ2) is 5.69. The van der Waals surface area contributed by atoms with Crippen molar-refractivity contribution in [3.63, 3.8) is 0 Å². The van der Waals surface area contributed by atoms with Crippen molar-refractivity contribution >= 4 is 37.5 Å². The lowest BCUT2D eigenvalue weighted by molar-refractivity contribution is 0.186. The Kier molecular flexibility index (Phi) is 4.47. The number of anilines is 1. The van der Waals surface area contributed by atoms with Crippen molar-refractivity contribution in [3.8, 4) is 0 Å². The van der Waals surface area contributed by atoms with Gasteiger partial charge in [-0.25, -0.2) is 0 Å². The lowest BCUT2D eigenvalue weighted by Gasteiger charge is -2.33. The zero-order valence-corrected chi connectivity index (χ0v) is 13.0. The van der Waals surface area contributed by atoms with Crippen molar-refractivity contribution < 1.29 is 0 Å². The van der Waals surface area contributed by atoms with E-state index >= 15 is 0 Å². The number of nitrogen functional groups attached to an aromatic ring is 1. The number of nitrogens with zero attached hydrogens (tertiary/aromatic N) is 1. The van der Waals surface area contributed by atoms with Gasteiger partial charge in [-0.3, -0.25) is 4.90 Å². The fraction of sp³-hybridized carbons (Fsp3) is 0.500. The van der Waals surface area contributed by atoms with E-state index in [9.17, 15) is 0 Å². The summed E-state index contributed by atoms with van der Waals surface area (Å²) in [6, 6.07) is 4.46. The third-order valence-electron chi connectivity index (χ3n) is 3.28. The Hall–Kier alpha value is -0.100. The van der Waals surface area contributed by atoms with E-state index in [4.69, 9.17) is 5.73 Å². The molecule has 0 amide bonds. The van der Waals surface area contributed by atoms with E-state index in [1.54, 1.807) is 0 Å². The molecule has 0 spiro atoms. The maximum absolute atomic E-state index is 6.15. The minimum absolute atomic E-state index is 0.353. The van der Waals surface area contributed by atoms with Gasteiger partial charge in [0.05, 0.1) is 5.69 Å². The predicted octanol–water partition coefficient (Wildman–Crippen LogP) is 2.76. The molecule has 3 nitrogen and oxygen atoms in total. The number of piperazine rings is 1. The molecule has 1 aliphatic heterocycles. The predicted molar refractivity (Wildman–Crippen MR) is 79.1 cm³/mol. The Morgan fingerprint density at radius 3 is 2.59 bits per heavy atom. The molecule has 0 aliphatic carbocycles. The summed E-state index contributed by atoms with van der Waals surface area (Å²) in [4.78, 5) is 2.46. The first-order chi connectivity index (χ1) is 8.09. The highest BCUT2D eigenvalue weighted by Crippen LogP contribution is 2.34. The molecule has 0 bridgehead atoms. The molecule has 1 saturated heterocycles. The Morgan fingerprint density at radius 1 is 1.29 bits per heavy atom. The van der Waals surface area contributed by atoms with Crippen molar-refractivity contribution in [2.75, 3.05) is 31.9 Å². The lowest BCUT2D eigenvalue weighted by Crippen LogP contribution is -2.44. The van der Waals surface area contributed by atoms with Gasteiger partial charge in [0.25, 0.3) is 0 Å². The zero-order chi connectivity index (χ0) is 12.4. The average molecular weight is 363 g/mol. The number of halogens is 2. The standard InChI is InChI=1S/C12H17Br2N3/c1-8(17-4-2-16-3-5-17)10-6-9(13)7-11(14)12(10)15/h6-8,16H,2-5,15H2,1H3/t8-/m1/s1. The van der Waals surface area contributed by atoms with Crippen molar-refractivity contribution in [1.29, 1.82) is 0 Å². The Bertz CT molecular complexity index is 403. The third-order valence-corrected chi connectivity index (χ3v) is 4.39. The molecule has 1 aromatic rings. The van der Waals surface area contributed by atoms with Gasteiger partial charge in [-0.05, 0) is 40.5 Å². The quantitative estimate of drug-likeness (QED) is 0.795. The van der Waals surface area contributed by atoms with Crippen molar-refractivity contribution in [1.82, 2.24) is 10.2 Å². The SMILES string of the molecule is C[C@H](c1cc(Br)cc(Br)c1N)N1CCNCC1. The number of rotatable bonds is 2. The van der Waals surface area contributed by atoms with Crippen LogP contribution in [0.15, 0.2) is 21.1 Å². The number of hydrogen-bond donors (Lipinski definition) is 2. The Balaban J connectivity index is 2.26. The fourth-order valence-corrected chi connectivity index (χ4v) is 3.47. The van der Waals surface area contributed by atoms with Gasteiger partial charge in [0, 0.05) is 41.2 Å². The number of nitrogens with two attached hydrogens (primary N) is 1. The first-order valence-electron chi connectivity index (χ1n) is 5.79. The summed E-state index contributed by atoms with van der Waals surface area (Å²) in [5, 5.41) is 3.37. The molecule has 1 aromatic carbocycles. The molecule has 5 heteroatoms. The van der Waals surface area contributed by atoms with Crippen LogP contribution in [0.5, 0.6) is 0 Å². The van der Waals surface area contributed by atoms with Crippen LogP contribution in [0.3, 0.4) is 0 Å². The summed E-state index contributed by atoms with van der Waals surface area (Å²) in [5.41, 5.74) is 8.18. The van der Waals surface area contributed by atoms with Gasteiger partial charge in [-0.15, -0.1) is 0 Å². The zero-order valence-electron chi connectivity index (χ0n) is 9.84. The van der Waals surface area contributed by atoms with E-state index in [2.05, 4.69) is 55.1 Å². The van der Waals surface area contributed by atoms with Gasteiger partial charge in [-0.2, -0.15) is 0 Å². The van der Waals surface area contributed by atoms with Gasteiger partial charge >= 0.3 is 0 Å². The first kappa shape index (κ1) is 13.3. The number of benzene rings is 1. The number of hydrogen-bond acceptors (Lipinski definition) is 3. The molecule has 17 heavy (non-hydrogen) atoms. The molecule has 1 heterocycles. The normalized spacial score (nSPS) is 19.2. The molecule has 1 fully saturated rings. The molecular weight excluding hydrogens is 346 g/mol. The minimum atomic E-state index is 0.353. The number of nitrogens with one attached hydrogen (secondary N) is 1. The monoisotopic (exact) mass is 361 g/mol. The van der Waals surface area contributed by atoms with Crippen LogP contribution in [0.25, 0.3) is 0 Å². The van der Waals surface area contributed by atoms with Crippen LogP contribution in [-0.4, -0.2) is 31.1 Å². The average Bonchev–Trinajstić information content (AvgIpc) is 2.34. The third kappa shape index (κ3) is 3.02. The summed E-state index contributed by atoms with van der Waals surface area (Å²) in [6.45, 7) is 6.48. The van der Waals surface area contributed by atoms with E-state index in [1.807, 2.05) is 6.07 Å². The van der Waals surface area contributed by atoms with E-state index in [1.165, 1.54) is 5.56 Å². The summed E-state index contributed by atoms with van der Waals surface area (Å²) in [6.07, 6.45) is 0. The molecule has 0 unspecified atom stereocenters. The van der Waals surface area contributed by atoms with Crippen LogP contribution < -0.4 is 11.1 Å². The van der Waals surface area contributed by atoms with Gasteiger partial charge in [-0.1, -0.05) is 15.9 Å². The lowest BCUT2D eigenvalue weighted by atomic mass is 10.0. The van der Waals surface area contributed by atoms with Crippen LogP contribution >= 0.6 is 31.9 Å². The molecular formula is C12H17Br2N3. The molecule has 0 aromatic heterocycles.